The third-order valence-corrected chi connectivity index (χ3v) is 3.62. The van der Waals surface area contributed by atoms with E-state index in [0.29, 0.717) is 18.3 Å². The second kappa shape index (κ2) is 9.52. The number of carbonyl (C=O) groups excluding carboxylic acids is 1. The van der Waals surface area contributed by atoms with Gasteiger partial charge in [0.2, 0.25) is 0 Å². The number of ether oxygens (including phenoxy) is 2. The van der Waals surface area contributed by atoms with E-state index >= 15 is 0 Å². The molecule has 0 fully saturated rings. The highest BCUT2D eigenvalue weighted by Gasteiger charge is 2.12. The largest absolute Gasteiger partial charge is 1.00 e. The number of aliphatic hydroxyl groups excluding tert-OH is 1. The van der Waals surface area contributed by atoms with Crippen LogP contribution in [0.15, 0.2) is 24.4 Å². The molecule has 7 heteroatoms. The lowest BCUT2D eigenvalue weighted by Gasteiger charge is -2.13. The molecule has 0 spiro atoms. The van der Waals surface area contributed by atoms with Crippen LogP contribution in [0.25, 0.3) is 10.9 Å². The summed E-state index contributed by atoms with van der Waals surface area (Å²) >= 11 is 0. The molecule has 6 nitrogen and oxygen atoms in total. The van der Waals surface area contributed by atoms with Gasteiger partial charge >= 0.3 is 5.97 Å². The van der Waals surface area contributed by atoms with Crippen molar-refractivity contribution in [2.24, 2.45) is 0 Å². The van der Waals surface area contributed by atoms with Crippen molar-refractivity contribution >= 4 is 16.9 Å². The highest BCUT2D eigenvalue weighted by Crippen LogP contribution is 2.24. The van der Waals surface area contributed by atoms with E-state index in [2.05, 4.69) is 24.1 Å². The van der Waals surface area contributed by atoms with Gasteiger partial charge < -0.3 is 37.3 Å². The minimum atomic E-state index is -0.520. The summed E-state index contributed by atoms with van der Waals surface area (Å²) in [6.45, 7) is 5.01. The molecule has 0 radical (unpaired) electrons. The van der Waals surface area contributed by atoms with Crippen LogP contribution in [0.4, 0.5) is 0 Å². The van der Waals surface area contributed by atoms with Crippen LogP contribution in [-0.2, 0) is 16.0 Å². The molecule has 1 atom stereocenters. The minimum Gasteiger partial charge on any atom is -1.00 e. The number of aromatic amines is 1. The van der Waals surface area contributed by atoms with E-state index in [1.165, 1.54) is 7.11 Å². The molecule has 1 aromatic heterocycles. The predicted octanol–water partition coefficient (Wildman–Crippen LogP) is -2.40. The molecule has 0 bridgehead atoms. The summed E-state index contributed by atoms with van der Waals surface area (Å²) in [6.07, 6.45) is 1.50. The van der Waals surface area contributed by atoms with E-state index in [4.69, 9.17) is 9.47 Å². The van der Waals surface area contributed by atoms with Gasteiger partial charge in [-0.05, 0) is 37.6 Å². The van der Waals surface area contributed by atoms with Crippen molar-refractivity contribution in [1.82, 2.24) is 4.98 Å². The predicted molar refractivity (Wildman–Crippen MR) is 87.4 cm³/mol. The third kappa shape index (κ3) is 5.70. The maximum Gasteiger partial charge on any atom is 0.310 e. The molecule has 134 valence electrons. The number of nitrogens with two attached hydrogens (primary N) is 1. The fourth-order valence-corrected chi connectivity index (χ4v) is 2.31. The fraction of sp³-hybridized carbons (Fsp3) is 0.471. The first-order chi connectivity index (χ1) is 11.0. The first-order valence-electron chi connectivity index (χ1n) is 7.80. The number of methoxy groups -OCH3 is 1. The van der Waals surface area contributed by atoms with Gasteiger partial charge in [-0.1, -0.05) is 0 Å². The van der Waals surface area contributed by atoms with Crippen molar-refractivity contribution in [3.05, 3.63) is 30.0 Å². The number of rotatable bonds is 8. The Hall–Kier alpha value is -1.76. The van der Waals surface area contributed by atoms with Crippen LogP contribution in [-0.4, -0.2) is 48.5 Å². The van der Waals surface area contributed by atoms with Crippen LogP contribution in [0.1, 0.15) is 19.4 Å². The van der Waals surface area contributed by atoms with Crippen molar-refractivity contribution in [3.8, 4) is 5.75 Å². The van der Waals surface area contributed by atoms with Crippen LogP contribution in [0.2, 0.25) is 0 Å². The van der Waals surface area contributed by atoms with Crippen molar-refractivity contribution in [1.29, 1.82) is 0 Å². The molecule has 0 amide bonds. The SMILES string of the molecule is COC(=O)Cc1c[nH]c2ccc(OCC(O)C[NH2+]C(C)C)cc12.[Cl-]. The number of nitrogens with one attached hydrogen (secondary N) is 1. The number of aromatic nitrogens is 1. The van der Waals surface area contributed by atoms with Gasteiger partial charge in [-0.25, -0.2) is 0 Å². The third-order valence-electron chi connectivity index (χ3n) is 3.62. The van der Waals surface area contributed by atoms with Crippen molar-refractivity contribution in [3.63, 3.8) is 0 Å². The number of aliphatic hydroxyl groups is 1. The standard InChI is InChI=1S/C17H24N2O4.ClH/c1-11(2)18-9-13(20)10-23-14-4-5-16-15(7-14)12(8-19-16)6-17(21)22-3;/h4-5,7-8,11,13,18-20H,6,9-10H2,1-3H3;1H. The van der Waals surface area contributed by atoms with Gasteiger partial charge in [0, 0.05) is 17.1 Å². The summed E-state index contributed by atoms with van der Waals surface area (Å²) in [6, 6.07) is 6.07. The summed E-state index contributed by atoms with van der Waals surface area (Å²) in [5.74, 6) is 0.392. The molecule has 2 aromatic rings. The van der Waals surface area contributed by atoms with Crippen LogP contribution in [0, 0.1) is 0 Å². The van der Waals surface area contributed by atoms with Gasteiger partial charge in [0.05, 0.1) is 19.6 Å². The Morgan fingerprint density at radius 3 is 2.79 bits per heavy atom. The topological polar surface area (TPSA) is 88.2 Å². The van der Waals surface area contributed by atoms with E-state index in [1.54, 1.807) is 6.20 Å². The number of hydrogen-bond acceptors (Lipinski definition) is 4. The second-order valence-electron chi connectivity index (χ2n) is 5.95. The number of quaternary nitrogens is 1. The fourth-order valence-electron chi connectivity index (χ4n) is 2.31. The molecule has 4 N–H and O–H groups in total. The number of H-pyrrole nitrogens is 1. The number of carbonyl (C=O) groups is 1. The van der Waals surface area contributed by atoms with Crippen LogP contribution >= 0.6 is 0 Å². The molecule has 0 saturated heterocycles. The van der Waals surface area contributed by atoms with Crippen LogP contribution in [0.5, 0.6) is 5.75 Å². The Kier molecular flexibility index (Phi) is 8.04. The molecule has 0 saturated carbocycles. The minimum absolute atomic E-state index is 0. The summed E-state index contributed by atoms with van der Waals surface area (Å²) in [5, 5.41) is 12.9. The van der Waals surface area contributed by atoms with Crippen molar-refractivity contribution < 1.29 is 37.1 Å². The molecular formula is C17H25ClN2O4. The molecule has 0 aliphatic rings. The number of fused-ring (bicyclic) bond motifs is 1. The average Bonchev–Trinajstić information content (AvgIpc) is 2.93. The Labute approximate surface area is 147 Å². The van der Waals surface area contributed by atoms with E-state index < -0.39 is 6.10 Å². The quantitative estimate of drug-likeness (QED) is 0.460. The molecule has 1 unspecified atom stereocenters. The van der Waals surface area contributed by atoms with Crippen LogP contribution in [0.3, 0.4) is 0 Å². The normalized spacial score (nSPS) is 12.0. The van der Waals surface area contributed by atoms with Gasteiger partial charge in [0.25, 0.3) is 0 Å². The highest BCUT2D eigenvalue weighted by atomic mass is 35.5. The van der Waals surface area contributed by atoms with Gasteiger partial charge in [0.1, 0.15) is 25.0 Å². The molecular weight excluding hydrogens is 332 g/mol. The zero-order chi connectivity index (χ0) is 16.8. The summed E-state index contributed by atoms with van der Waals surface area (Å²) in [7, 11) is 1.38. The molecule has 1 heterocycles. The lowest BCUT2D eigenvalue weighted by molar-refractivity contribution is -0.688. The van der Waals surface area contributed by atoms with Gasteiger partial charge in [0.15, 0.2) is 0 Å². The van der Waals surface area contributed by atoms with E-state index in [0.717, 1.165) is 16.5 Å². The number of benzene rings is 1. The van der Waals surface area contributed by atoms with Crippen molar-refractivity contribution in [2.75, 3.05) is 20.3 Å². The van der Waals surface area contributed by atoms with E-state index in [1.807, 2.05) is 18.2 Å². The van der Waals surface area contributed by atoms with Crippen molar-refractivity contribution in [2.45, 2.75) is 32.4 Å². The van der Waals surface area contributed by atoms with Gasteiger partial charge in [-0.2, -0.15) is 0 Å². The molecule has 0 aliphatic heterocycles. The molecule has 1 aromatic carbocycles. The van der Waals surface area contributed by atoms with Gasteiger partial charge in [-0.15, -0.1) is 0 Å². The Morgan fingerprint density at radius 2 is 2.12 bits per heavy atom. The summed E-state index contributed by atoms with van der Waals surface area (Å²) in [5.41, 5.74) is 1.80. The highest BCUT2D eigenvalue weighted by molar-refractivity contribution is 5.88. The monoisotopic (exact) mass is 356 g/mol. The number of halogens is 1. The molecule has 2 rings (SSSR count). The Morgan fingerprint density at radius 1 is 1.38 bits per heavy atom. The van der Waals surface area contributed by atoms with Gasteiger partial charge in [-0.3, -0.25) is 4.79 Å². The number of hydrogen-bond donors (Lipinski definition) is 3. The van der Waals surface area contributed by atoms with Crippen LogP contribution < -0.4 is 22.5 Å². The lowest BCUT2D eigenvalue weighted by atomic mass is 10.1. The first kappa shape index (κ1) is 20.3. The first-order valence-corrected chi connectivity index (χ1v) is 7.80. The molecule has 24 heavy (non-hydrogen) atoms. The summed E-state index contributed by atoms with van der Waals surface area (Å²) < 4.78 is 10.4. The zero-order valence-electron chi connectivity index (χ0n) is 14.2. The Balaban J connectivity index is 0.00000288. The smallest absolute Gasteiger partial charge is 0.310 e. The summed E-state index contributed by atoms with van der Waals surface area (Å²) in [4.78, 5) is 14.6. The second-order valence-corrected chi connectivity index (χ2v) is 5.95. The maximum absolute atomic E-state index is 11.4. The Bertz CT molecular complexity index is 657. The number of esters is 1. The zero-order valence-corrected chi connectivity index (χ0v) is 15.0. The average molecular weight is 357 g/mol. The van der Waals surface area contributed by atoms with E-state index in [-0.39, 0.29) is 31.4 Å². The lowest BCUT2D eigenvalue weighted by Crippen LogP contribution is -3.00. The van der Waals surface area contributed by atoms with E-state index in [9.17, 15) is 9.90 Å². The molecule has 0 aliphatic carbocycles. The maximum atomic E-state index is 11.4.